The third-order valence-corrected chi connectivity index (χ3v) is 3.16. The van der Waals surface area contributed by atoms with Gasteiger partial charge in [-0.15, -0.1) is 0 Å². The predicted octanol–water partition coefficient (Wildman–Crippen LogP) is 3.08. The van der Waals surface area contributed by atoms with E-state index in [0.29, 0.717) is 10.7 Å². The van der Waals surface area contributed by atoms with E-state index in [1.54, 1.807) is 24.3 Å². The van der Waals surface area contributed by atoms with Gasteiger partial charge in [0.25, 0.3) is 11.5 Å². The predicted molar refractivity (Wildman–Crippen MR) is 78.1 cm³/mol. The molecule has 1 amide bonds. The number of hydrogen-bond acceptors (Lipinski definition) is 4. The van der Waals surface area contributed by atoms with E-state index in [9.17, 15) is 9.59 Å². The lowest BCUT2D eigenvalue weighted by Gasteiger charge is -2.06. The first kappa shape index (κ1) is 13.9. The Labute approximate surface area is 127 Å². The molecule has 2 aromatic heterocycles. The summed E-state index contributed by atoms with van der Waals surface area (Å²) in [7, 11) is 0. The number of carbonyl (C=O) groups is 1. The van der Waals surface area contributed by atoms with Crippen molar-refractivity contribution in [3.63, 3.8) is 0 Å². The fraction of sp³-hybridized carbons (Fsp3) is 0. The average Bonchev–Trinajstić information content (AvgIpc) is 2.99. The average molecular weight is 316 g/mol. The molecule has 0 radical (unpaired) electrons. The summed E-state index contributed by atoms with van der Waals surface area (Å²) >= 11 is 5.81. The van der Waals surface area contributed by atoms with Crippen LogP contribution in [0.25, 0.3) is 27.1 Å². The summed E-state index contributed by atoms with van der Waals surface area (Å²) in [6.45, 7) is 0. The van der Waals surface area contributed by atoms with Gasteiger partial charge in [-0.2, -0.15) is 9.78 Å². The van der Waals surface area contributed by atoms with Gasteiger partial charge in [-0.25, -0.2) is 0 Å². The Hall–Kier alpha value is -3.09. The fourth-order valence-electron chi connectivity index (χ4n) is 1.95. The first-order chi connectivity index (χ1) is 10.6. The molecule has 8 nitrogen and oxygen atoms in total. The standard InChI is InChI=1S/C13H6ClN5O3/c14-7-1-3-8(4-2-7)19-13(21)9-5-6-22-11(9)10(17-19)12(20)16-18-15/h1-6H. The minimum Gasteiger partial charge on any atom is -0.462 e. The lowest BCUT2D eigenvalue weighted by atomic mass is 10.2. The monoisotopic (exact) mass is 315 g/mol. The van der Waals surface area contributed by atoms with Crippen LogP contribution in [-0.2, 0) is 0 Å². The van der Waals surface area contributed by atoms with Gasteiger partial charge in [-0.3, -0.25) is 9.59 Å². The third-order valence-electron chi connectivity index (χ3n) is 2.91. The van der Waals surface area contributed by atoms with E-state index in [4.69, 9.17) is 21.5 Å². The quantitative estimate of drug-likeness (QED) is 0.410. The zero-order valence-electron chi connectivity index (χ0n) is 10.8. The lowest BCUT2D eigenvalue weighted by molar-refractivity contribution is 0.0994. The molecular weight excluding hydrogens is 310 g/mol. The van der Waals surface area contributed by atoms with E-state index < -0.39 is 11.5 Å². The van der Waals surface area contributed by atoms with Crippen molar-refractivity contribution >= 4 is 28.5 Å². The number of furan rings is 1. The van der Waals surface area contributed by atoms with Gasteiger partial charge >= 0.3 is 0 Å². The number of amides is 1. The van der Waals surface area contributed by atoms with Crippen LogP contribution >= 0.6 is 11.6 Å². The highest BCUT2D eigenvalue weighted by Gasteiger charge is 2.19. The van der Waals surface area contributed by atoms with Gasteiger partial charge in [-0.1, -0.05) is 11.6 Å². The minimum absolute atomic E-state index is 0.0207. The molecule has 22 heavy (non-hydrogen) atoms. The smallest absolute Gasteiger partial charge is 0.282 e. The van der Waals surface area contributed by atoms with Gasteiger partial charge in [-0.05, 0) is 41.0 Å². The Morgan fingerprint density at radius 1 is 1.32 bits per heavy atom. The van der Waals surface area contributed by atoms with Crippen molar-refractivity contribution in [2.75, 3.05) is 0 Å². The molecule has 0 unspecified atom stereocenters. The van der Waals surface area contributed by atoms with Gasteiger partial charge in [0.15, 0.2) is 11.3 Å². The Bertz CT molecular complexity index is 983. The third kappa shape index (κ3) is 2.22. The number of halogens is 1. The number of benzene rings is 1. The molecule has 0 N–H and O–H groups in total. The van der Waals surface area contributed by atoms with Crippen molar-refractivity contribution in [2.24, 2.45) is 5.11 Å². The van der Waals surface area contributed by atoms with Crippen molar-refractivity contribution in [2.45, 2.75) is 0 Å². The Morgan fingerprint density at radius 3 is 2.73 bits per heavy atom. The number of fused-ring (bicyclic) bond motifs is 1. The summed E-state index contributed by atoms with van der Waals surface area (Å²) in [6, 6.07) is 7.73. The van der Waals surface area contributed by atoms with Crippen molar-refractivity contribution in [1.82, 2.24) is 9.78 Å². The highest BCUT2D eigenvalue weighted by Crippen LogP contribution is 2.18. The second kappa shape index (κ2) is 5.36. The van der Waals surface area contributed by atoms with Crippen LogP contribution in [-0.4, -0.2) is 15.7 Å². The summed E-state index contributed by atoms with van der Waals surface area (Å²) in [5.41, 5.74) is 8.06. The van der Waals surface area contributed by atoms with Crippen LogP contribution in [0.3, 0.4) is 0 Å². The minimum atomic E-state index is -0.940. The SMILES string of the molecule is [N-]=[N+]=NC(=O)c1nn(-c2ccc(Cl)cc2)c(=O)c2ccoc12. The molecule has 1 aromatic carbocycles. The molecule has 0 aliphatic heterocycles. The molecule has 0 saturated carbocycles. The van der Waals surface area contributed by atoms with Gasteiger partial charge in [0.1, 0.15) is 0 Å². The van der Waals surface area contributed by atoms with Crippen LogP contribution < -0.4 is 5.56 Å². The Kier molecular flexibility index (Phi) is 3.38. The number of carbonyl (C=O) groups excluding carboxylic acids is 1. The van der Waals surface area contributed by atoms with Crippen LogP contribution in [0.15, 0.2) is 50.9 Å². The van der Waals surface area contributed by atoms with Crippen LogP contribution in [0.5, 0.6) is 0 Å². The number of nitrogens with zero attached hydrogens (tertiary/aromatic N) is 5. The van der Waals surface area contributed by atoms with Crippen LogP contribution in [0.2, 0.25) is 5.02 Å². The van der Waals surface area contributed by atoms with Gasteiger partial charge in [0.05, 0.1) is 17.3 Å². The molecule has 0 aliphatic rings. The maximum atomic E-state index is 12.4. The summed E-state index contributed by atoms with van der Waals surface area (Å²) in [4.78, 5) is 26.7. The highest BCUT2D eigenvalue weighted by atomic mass is 35.5. The van der Waals surface area contributed by atoms with Crippen LogP contribution in [0, 0.1) is 0 Å². The molecule has 0 fully saturated rings. The molecule has 2 heterocycles. The molecule has 0 spiro atoms. The zero-order valence-corrected chi connectivity index (χ0v) is 11.6. The first-order valence-corrected chi connectivity index (χ1v) is 6.35. The van der Waals surface area contributed by atoms with Gasteiger partial charge < -0.3 is 4.42 Å². The normalized spacial score (nSPS) is 10.4. The van der Waals surface area contributed by atoms with E-state index in [-0.39, 0.29) is 16.7 Å². The number of rotatable bonds is 2. The molecular formula is C13H6ClN5O3. The number of aromatic nitrogens is 2. The molecule has 0 aliphatic carbocycles. The molecule has 9 heteroatoms. The van der Waals surface area contributed by atoms with Crippen molar-refractivity contribution in [1.29, 1.82) is 0 Å². The first-order valence-electron chi connectivity index (χ1n) is 5.97. The topological polar surface area (TPSA) is 114 Å². The second-order valence-electron chi connectivity index (χ2n) is 4.20. The van der Waals surface area contributed by atoms with E-state index in [1.807, 2.05) is 0 Å². The maximum absolute atomic E-state index is 12.4. The van der Waals surface area contributed by atoms with Crippen molar-refractivity contribution < 1.29 is 9.21 Å². The second-order valence-corrected chi connectivity index (χ2v) is 4.64. The summed E-state index contributed by atoms with van der Waals surface area (Å²) < 4.78 is 6.13. The molecule has 3 aromatic rings. The Morgan fingerprint density at radius 2 is 2.05 bits per heavy atom. The van der Waals surface area contributed by atoms with Crippen molar-refractivity contribution in [3.8, 4) is 5.69 Å². The molecule has 0 bridgehead atoms. The summed E-state index contributed by atoms with van der Waals surface area (Å²) in [5.74, 6) is -0.940. The highest BCUT2D eigenvalue weighted by molar-refractivity contribution is 6.30. The van der Waals surface area contributed by atoms with Crippen molar-refractivity contribution in [3.05, 3.63) is 68.1 Å². The number of hydrogen-bond donors (Lipinski definition) is 0. The van der Waals surface area contributed by atoms with E-state index >= 15 is 0 Å². The summed E-state index contributed by atoms with van der Waals surface area (Å²) in [6.07, 6.45) is 1.26. The Balaban J connectivity index is 2.33. The fourth-order valence-corrected chi connectivity index (χ4v) is 2.08. The molecule has 108 valence electrons. The molecule has 0 saturated heterocycles. The van der Waals surface area contributed by atoms with Crippen LogP contribution in [0.1, 0.15) is 10.5 Å². The van der Waals surface area contributed by atoms with E-state index in [2.05, 4.69) is 15.1 Å². The van der Waals surface area contributed by atoms with E-state index in [1.165, 1.54) is 12.3 Å². The lowest BCUT2D eigenvalue weighted by Crippen LogP contribution is -2.23. The van der Waals surface area contributed by atoms with Crippen LogP contribution in [0.4, 0.5) is 0 Å². The molecule has 0 atom stereocenters. The number of azide groups is 1. The van der Waals surface area contributed by atoms with Gasteiger partial charge in [0, 0.05) is 9.93 Å². The zero-order chi connectivity index (χ0) is 15.7. The van der Waals surface area contributed by atoms with E-state index in [0.717, 1.165) is 4.68 Å². The van der Waals surface area contributed by atoms with Gasteiger partial charge in [0.2, 0.25) is 0 Å². The molecule has 3 rings (SSSR count). The largest absolute Gasteiger partial charge is 0.462 e. The maximum Gasteiger partial charge on any atom is 0.282 e. The summed E-state index contributed by atoms with van der Waals surface area (Å²) in [5, 5.41) is 7.58.